The molecule has 0 saturated carbocycles. The molecule has 1 aromatic heterocycles. The fraction of sp³-hybridized carbons (Fsp3) is 0.278. The second-order valence-electron chi connectivity index (χ2n) is 5.34. The summed E-state index contributed by atoms with van der Waals surface area (Å²) in [6.07, 6.45) is 1.57. The molecule has 0 amide bonds. The van der Waals surface area contributed by atoms with E-state index in [9.17, 15) is 10.4 Å². The Kier molecular flexibility index (Phi) is 7.17. The molecular weight excluding hydrogens is 447 g/mol. The maximum Gasteiger partial charge on any atom is 0.171 e. The van der Waals surface area contributed by atoms with Gasteiger partial charge in [0.1, 0.15) is 11.6 Å². The van der Waals surface area contributed by atoms with E-state index in [0.29, 0.717) is 33.9 Å². The van der Waals surface area contributed by atoms with Crippen LogP contribution in [-0.4, -0.2) is 30.0 Å². The summed E-state index contributed by atoms with van der Waals surface area (Å²) in [4.78, 5) is 4.33. The van der Waals surface area contributed by atoms with Gasteiger partial charge in [-0.15, -0.1) is 0 Å². The summed E-state index contributed by atoms with van der Waals surface area (Å²) in [7, 11) is 1.57. The molecule has 136 valence electrons. The Morgan fingerprint density at radius 2 is 2.19 bits per heavy atom. The lowest BCUT2D eigenvalue weighted by molar-refractivity contribution is 0.184. The number of anilines is 1. The number of rotatable bonds is 7. The smallest absolute Gasteiger partial charge is 0.171 e. The van der Waals surface area contributed by atoms with Gasteiger partial charge in [0.2, 0.25) is 0 Å². The molecule has 0 aliphatic rings. The minimum absolute atomic E-state index is 0.105. The number of hydrogen-bond acceptors (Lipinski definition) is 7. The van der Waals surface area contributed by atoms with Gasteiger partial charge in [-0.05, 0) is 60.2 Å². The molecule has 0 fully saturated rings. The lowest BCUT2D eigenvalue weighted by atomic mass is 10.1. The molecule has 8 heteroatoms. The highest BCUT2D eigenvalue weighted by Crippen LogP contribution is 2.32. The zero-order valence-electron chi connectivity index (χ0n) is 14.7. The second kappa shape index (κ2) is 9.35. The highest BCUT2D eigenvalue weighted by atomic mass is 127. The van der Waals surface area contributed by atoms with Gasteiger partial charge < -0.3 is 14.6 Å². The van der Waals surface area contributed by atoms with Crippen molar-refractivity contribution in [2.24, 2.45) is 5.10 Å². The van der Waals surface area contributed by atoms with Crippen LogP contribution < -0.4 is 10.2 Å². The number of hydrazone groups is 1. The zero-order chi connectivity index (χ0) is 19.1. The van der Waals surface area contributed by atoms with Crippen molar-refractivity contribution < 1.29 is 14.6 Å². The van der Waals surface area contributed by atoms with Gasteiger partial charge in [0.15, 0.2) is 17.3 Å². The molecule has 0 bridgehead atoms. The van der Waals surface area contributed by atoms with Gasteiger partial charge in [0.25, 0.3) is 0 Å². The Morgan fingerprint density at radius 3 is 2.85 bits per heavy atom. The third kappa shape index (κ3) is 4.83. The van der Waals surface area contributed by atoms with Crippen LogP contribution in [0.1, 0.15) is 29.3 Å². The number of phenolic OH excluding ortho intramolecular Hbond substituents is 1. The van der Waals surface area contributed by atoms with Crippen molar-refractivity contribution in [1.29, 1.82) is 5.26 Å². The van der Waals surface area contributed by atoms with Gasteiger partial charge in [-0.1, -0.05) is 0 Å². The van der Waals surface area contributed by atoms with E-state index in [-0.39, 0.29) is 5.75 Å². The van der Waals surface area contributed by atoms with Crippen molar-refractivity contribution in [3.63, 3.8) is 0 Å². The molecule has 0 aliphatic heterocycles. The summed E-state index contributed by atoms with van der Waals surface area (Å²) >= 11 is 2.03. The zero-order valence-corrected chi connectivity index (χ0v) is 16.9. The maximum atomic E-state index is 9.99. The van der Waals surface area contributed by atoms with Crippen molar-refractivity contribution in [2.45, 2.75) is 20.5 Å². The first kappa shape index (κ1) is 19.9. The lowest BCUT2D eigenvalue weighted by Gasteiger charge is -2.10. The molecule has 0 atom stereocenters. The number of nitrogens with zero attached hydrogens (tertiary/aromatic N) is 3. The van der Waals surface area contributed by atoms with Crippen molar-refractivity contribution in [1.82, 2.24) is 4.98 Å². The summed E-state index contributed by atoms with van der Waals surface area (Å²) in [6, 6.07) is 7.41. The molecular formula is C18H19IN4O3. The Labute approximate surface area is 165 Å². The lowest BCUT2D eigenvalue weighted by Crippen LogP contribution is -2.03. The number of hydrogen-bond donors (Lipinski definition) is 2. The van der Waals surface area contributed by atoms with Crippen LogP contribution in [-0.2, 0) is 11.3 Å². The Balaban J connectivity index is 2.27. The van der Waals surface area contributed by atoms with Gasteiger partial charge >= 0.3 is 0 Å². The normalized spacial score (nSPS) is 10.7. The van der Waals surface area contributed by atoms with Crippen molar-refractivity contribution in [2.75, 3.05) is 19.1 Å². The number of nitriles is 1. The number of aromatic nitrogens is 1. The van der Waals surface area contributed by atoms with Gasteiger partial charge in [-0.25, -0.2) is 4.98 Å². The third-order valence-electron chi connectivity index (χ3n) is 3.38. The number of methoxy groups -OCH3 is 1. The minimum atomic E-state index is 0.105. The number of nitrogens with one attached hydrogen (secondary N) is 1. The molecule has 1 aromatic carbocycles. The predicted octanol–water partition coefficient (Wildman–Crippen LogP) is 3.56. The molecule has 0 spiro atoms. The molecule has 1 heterocycles. The number of pyridine rings is 1. The van der Waals surface area contributed by atoms with Crippen molar-refractivity contribution in [3.8, 4) is 17.6 Å². The van der Waals surface area contributed by atoms with Gasteiger partial charge in [0.05, 0.1) is 23.0 Å². The molecule has 26 heavy (non-hydrogen) atoms. The first-order valence-electron chi connectivity index (χ1n) is 7.84. The highest BCUT2D eigenvalue weighted by molar-refractivity contribution is 14.1. The van der Waals surface area contributed by atoms with Gasteiger partial charge in [0, 0.05) is 18.4 Å². The number of aryl methyl sites for hydroxylation is 1. The monoisotopic (exact) mass is 466 g/mol. The third-order valence-corrected chi connectivity index (χ3v) is 4.20. The Morgan fingerprint density at radius 1 is 1.42 bits per heavy atom. The number of halogens is 1. The first-order valence-corrected chi connectivity index (χ1v) is 8.92. The van der Waals surface area contributed by atoms with E-state index in [1.807, 2.05) is 42.5 Å². The number of benzene rings is 1. The van der Waals surface area contributed by atoms with Gasteiger partial charge in [-0.2, -0.15) is 10.4 Å². The summed E-state index contributed by atoms with van der Waals surface area (Å²) in [5.41, 5.74) is 5.45. The molecule has 0 unspecified atom stereocenters. The highest BCUT2D eigenvalue weighted by Gasteiger charge is 2.11. The molecule has 0 aliphatic carbocycles. The number of aromatic hydroxyl groups is 1. The first-order chi connectivity index (χ1) is 12.5. The number of phenols is 1. The maximum absolute atomic E-state index is 9.99. The average Bonchev–Trinajstić information content (AvgIpc) is 2.59. The molecule has 0 radical (unpaired) electrons. The largest absolute Gasteiger partial charge is 0.504 e. The van der Waals surface area contributed by atoms with E-state index >= 15 is 0 Å². The summed E-state index contributed by atoms with van der Waals surface area (Å²) in [6.45, 7) is 4.45. The molecule has 7 nitrogen and oxygen atoms in total. The van der Waals surface area contributed by atoms with Gasteiger partial charge in [-0.3, -0.25) is 5.43 Å². The topological polar surface area (TPSA) is 99.8 Å². The van der Waals surface area contributed by atoms with Crippen molar-refractivity contribution in [3.05, 3.63) is 44.2 Å². The van der Waals surface area contributed by atoms with E-state index in [0.717, 1.165) is 16.8 Å². The number of ether oxygens (including phenoxy) is 2. The van der Waals surface area contributed by atoms with E-state index in [1.54, 1.807) is 25.5 Å². The van der Waals surface area contributed by atoms with Crippen LogP contribution in [0.2, 0.25) is 0 Å². The van der Waals surface area contributed by atoms with E-state index in [4.69, 9.17) is 9.47 Å². The summed E-state index contributed by atoms with van der Waals surface area (Å²) in [5, 5.41) is 23.6. The van der Waals surface area contributed by atoms with E-state index < -0.39 is 0 Å². The standard InChI is InChI=1S/C18H19IN4O3/c1-4-26-16-7-12(6-15(19)17(16)24)9-21-23-18-14(8-20)13(10-25-3)5-11(2)22-18/h5-7,9,24H,4,10H2,1-3H3,(H,22,23)/b21-9-. The Bertz CT molecular complexity index is 862. The molecule has 0 saturated heterocycles. The van der Waals surface area contributed by atoms with Crippen LogP contribution in [0.15, 0.2) is 23.3 Å². The van der Waals surface area contributed by atoms with Crippen LogP contribution in [0.3, 0.4) is 0 Å². The summed E-state index contributed by atoms with van der Waals surface area (Å²) in [5.74, 6) is 0.873. The van der Waals surface area contributed by atoms with Crippen molar-refractivity contribution >= 4 is 34.6 Å². The molecule has 2 aromatic rings. The summed E-state index contributed by atoms with van der Waals surface area (Å²) < 4.78 is 11.2. The van der Waals surface area contributed by atoms with Crippen LogP contribution in [0, 0.1) is 21.8 Å². The predicted molar refractivity (Wildman–Crippen MR) is 108 cm³/mol. The quantitative estimate of drug-likeness (QED) is 0.368. The van der Waals surface area contributed by atoms with E-state index in [2.05, 4.69) is 21.6 Å². The van der Waals surface area contributed by atoms with Crippen LogP contribution in [0.25, 0.3) is 0 Å². The second-order valence-corrected chi connectivity index (χ2v) is 6.51. The fourth-order valence-electron chi connectivity index (χ4n) is 2.32. The minimum Gasteiger partial charge on any atom is -0.504 e. The fourth-order valence-corrected chi connectivity index (χ4v) is 2.94. The average molecular weight is 466 g/mol. The SMILES string of the molecule is CCOc1cc(/C=N\Nc2nc(C)cc(COC)c2C#N)cc(I)c1O. The van der Waals surface area contributed by atoms with Crippen LogP contribution >= 0.6 is 22.6 Å². The van der Waals surface area contributed by atoms with E-state index in [1.165, 1.54) is 0 Å². The molecule has 2 N–H and O–H groups in total. The van der Waals surface area contributed by atoms with Crippen LogP contribution in [0.5, 0.6) is 11.5 Å². The molecule has 2 rings (SSSR count). The van der Waals surface area contributed by atoms with Crippen LogP contribution in [0.4, 0.5) is 5.82 Å². The Hall–Kier alpha value is -2.38.